The Bertz CT molecular complexity index is 1000. The fourth-order valence-electron chi connectivity index (χ4n) is 3.46. The van der Waals surface area contributed by atoms with Crippen LogP contribution in [-0.2, 0) is 11.3 Å². The van der Waals surface area contributed by atoms with Gasteiger partial charge in [0.2, 0.25) is 0 Å². The van der Waals surface area contributed by atoms with Crippen molar-refractivity contribution in [2.24, 2.45) is 0 Å². The molecule has 7 nitrogen and oxygen atoms in total. The normalized spacial score (nSPS) is 13.9. The van der Waals surface area contributed by atoms with Gasteiger partial charge in [-0.1, -0.05) is 30.3 Å². The van der Waals surface area contributed by atoms with Gasteiger partial charge in [-0.25, -0.2) is 14.8 Å². The zero-order chi connectivity index (χ0) is 20.9. The van der Waals surface area contributed by atoms with E-state index in [1.807, 2.05) is 56.3 Å². The van der Waals surface area contributed by atoms with Crippen molar-refractivity contribution in [1.29, 1.82) is 0 Å². The number of rotatable bonds is 4. The molecule has 1 aliphatic heterocycles. The number of carbonyl (C=O) groups is 1. The van der Waals surface area contributed by atoms with Gasteiger partial charge in [0, 0.05) is 55.4 Å². The summed E-state index contributed by atoms with van der Waals surface area (Å²) in [5.41, 5.74) is 3.88. The van der Waals surface area contributed by atoms with E-state index in [4.69, 9.17) is 9.72 Å². The minimum absolute atomic E-state index is 0.273. The average Bonchev–Trinajstić information content (AvgIpc) is 2.80. The number of pyridine rings is 1. The smallest absolute Gasteiger partial charge is 0.410 e. The molecule has 0 N–H and O–H groups in total. The lowest BCUT2D eigenvalue weighted by Crippen LogP contribution is -2.49. The molecule has 3 aromatic rings. The van der Waals surface area contributed by atoms with Gasteiger partial charge in [0.1, 0.15) is 12.4 Å². The molecule has 0 aliphatic carbocycles. The van der Waals surface area contributed by atoms with E-state index in [0.717, 1.165) is 28.2 Å². The van der Waals surface area contributed by atoms with E-state index in [-0.39, 0.29) is 6.09 Å². The van der Waals surface area contributed by atoms with Crippen molar-refractivity contribution in [2.75, 3.05) is 31.1 Å². The molecule has 0 radical (unpaired) electrons. The summed E-state index contributed by atoms with van der Waals surface area (Å²) in [6.45, 7) is 6.92. The lowest BCUT2D eigenvalue weighted by atomic mass is 10.2. The van der Waals surface area contributed by atoms with E-state index in [1.54, 1.807) is 17.3 Å². The number of hydrogen-bond donors (Lipinski definition) is 0. The summed E-state index contributed by atoms with van der Waals surface area (Å²) in [4.78, 5) is 30.0. The van der Waals surface area contributed by atoms with Gasteiger partial charge in [0.05, 0.1) is 0 Å². The number of carbonyl (C=O) groups excluding carboxylic acids is 1. The van der Waals surface area contributed by atoms with E-state index in [9.17, 15) is 4.79 Å². The molecule has 7 heteroatoms. The highest BCUT2D eigenvalue weighted by molar-refractivity contribution is 5.68. The standard InChI is InChI=1S/C23H25N5O2/c1-17-18(2)25-21(20-9-6-10-24-15-20)26-22(17)27-11-13-28(14-12-27)23(29)30-16-19-7-4-3-5-8-19/h3-10,15H,11-14,16H2,1-2H3. The molecule has 1 saturated heterocycles. The molecule has 0 atom stereocenters. The molecule has 30 heavy (non-hydrogen) atoms. The van der Waals surface area contributed by atoms with Gasteiger partial charge in [-0.15, -0.1) is 0 Å². The molecule has 0 unspecified atom stereocenters. The topological polar surface area (TPSA) is 71.5 Å². The quantitative estimate of drug-likeness (QED) is 0.663. The van der Waals surface area contributed by atoms with Crippen molar-refractivity contribution in [3.63, 3.8) is 0 Å². The van der Waals surface area contributed by atoms with Crippen molar-refractivity contribution in [3.05, 3.63) is 71.7 Å². The Morgan fingerprint density at radius 1 is 1.00 bits per heavy atom. The summed E-state index contributed by atoms with van der Waals surface area (Å²) in [6.07, 6.45) is 3.24. The second kappa shape index (κ2) is 8.90. The minimum Gasteiger partial charge on any atom is -0.445 e. The van der Waals surface area contributed by atoms with Crippen LogP contribution in [0.1, 0.15) is 16.8 Å². The van der Waals surface area contributed by atoms with Crippen LogP contribution < -0.4 is 4.90 Å². The van der Waals surface area contributed by atoms with Crippen LogP contribution in [0.2, 0.25) is 0 Å². The van der Waals surface area contributed by atoms with Gasteiger partial charge < -0.3 is 14.5 Å². The highest BCUT2D eigenvalue weighted by Gasteiger charge is 2.25. The van der Waals surface area contributed by atoms with Gasteiger partial charge in [0.25, 0.3) is 0 Å². The van der Waals surface area contributed by atoms with Crippen molar-refractivity contribution >= 4 is 11.9 Å². The molecule has 2 aromatic heterocycles. The highest BCUT2D eigenvalue weighted by Crippen LogP contribution is 2.25. The maximum Gasteiger partial charge on any atom is 0.410 e. The molecule has 0 saturated carbocycles. The fourth-order valence-corrected chi connectivity index (χ4v) is 3.46. The molecule has 0 bridgehead atoms. The molecule has 1 fully saturated rings. The zero-order valence-electron chi connectivity index (χ0n) is 17.3. The van der Waals surface area contributed by atoms with Gasteiger partial charge in [-0.05, 0) is 31.5 Å². The van der Waals surface area contributed by atoms with Crippen LogP contribution in [0, 0.1) is 13.8 Å². The van der Waals surface area contributed by atoms with Crippen LogP contribution in [0.4, 0.5) is 10.6 Å². The first-order valence-electron chi connectivity index (χ1n) is 10.1. The lowest BCUT2D eigenvalue weighted by molar-refractivity contribution is 0.0941. The van der Waals surface area contributed by atoms with Crippen LogP contribution >= 0.6 is 0 Å². The summed E-state index contributed by atoms with van der Waals surface area (Å²) in [5.74, 6) is 1.59. The highest BCUT2D eigenvalue weighted by atomic mass is 16.6. The SMILES string of the molecule is Cc1nc(-c2cccnc2)nc(N2CCN(C(=O)OCc3ccccc3)CC2)c1C. The number of nitrogens with zero attached hydrogens (tertiary/aromatic N) is 5. The number of hydrogen-bond acceptors (Lipinski definition) is 6. The maximum absolute atomic E-state index is 12.4. The molecular weight excluding hydrogens is 378 g/mol. The third-order valence-corrected chi connectivity index (χ3v) is 5.33. The largest absolute Gasteiger partial charge is 0.445 e. The van der Waals surface area contributed by atoms with E-state index in [0.29, 0.717) is 38.6 Å². The Balaban J connectivity index is 1.41. The predicted molar refractivity (Wildman–Crippen MR) is 115 cm³/mol. The van der Waals surface area contributed by atoms with E-state index >= 15 is 0 Å². The third kappa shape index (κ3) is 4.40. The van der Waals surface area contributed by atoms with Crippen LogP contribution in [0.3, 0.4) is 0 Å². The minimum atomic E-state index is -0.273. The van der Waals surface area contributed by atoms with Crippen LogP contribution in [0.15, 0.2) is 54.9 Å². The van der Waals surface area contributed by atoms with Gasteiger partial charge in [-0.3, -0.25) is 4.98 Å². The molecule has 3 heterocycles. The van der Waals surface area contributed by atoms with Crippen molar-refractivity contribution < 1.29 is 9.53 Å². The Kier molecular flexibility index (Phi) is 5.88. The van der Waals surface area contributed by atoms with Crippen LogP contribution in [0.25, 0.3) is 11.4 Å². The second-order valence-electron chi connectivity index (χ2n) is 7.34. The predicted octanol–water partition coefficient (Wildman–Crippen LogP) is 3.61. The van der Waals surface area contributed by atoms with Gasteiger partial charge in [-0.2, -0.15) is 0 Å². The molecule has 1 amide bonds. The van der Waals surface area contributed by atoms with Crippen molar-refractivity contribution in [3.8, 4) is 11.4 Å². The number of anilines is 1. The number of benzene rings is 1. The molecule has 1 aliphatic rings. The molecular formula is C23H25N5O2. The lowest BCUT2D eigenvalue weighted by Gasteiger charge is -2.35. The molecule has 4 rings (SSSR count). The Labute approximate surface area is 176 Å². The second-order valence-corrected chi connectivity index (χ2v) is 7.34. The number of piperazine rings is 1. The summed E-state index contributed by atoms with van der Waals surface area (Å²) in [7, 11) is 0. The Hall–Kier alpha value is -3.48. The van der Waals surface area contributed by atoms with Crippen molar-refractivity contribution in [1.82, 2.24) is 19.9 Å². The van der Waals surface area contributed by atoms with Crippen LogP contribution in [-0.4, -0.2) is 52.1 Å². The van der Waals surface area contributed by atoms with Gasteiger partial charge >= 0.3 is 6.09 Å². The fraction of sp³-hybridized carbons (Fsp3) is 0.304. The first kappa shape index (κ1) is 19.8. The van der Waals surface area contributed by atoms with Crippen molar-refractivity contribution in [2.45, 2.75) is 20.5 Å². The van der Waals surface area contributed by atoms with E-state index in [1.165, 1.54) is 0 Å². The number of aryl methyl sites for hydroxylation is 1. The molecule has 154 valence electrons. The zero-order valence-corrected chi connectivity index (χ0v) is 17.3. The van der Waals surface area contributed by atoms with Crippen LogP contribution in [0.5, 0.6) is 0 Å². The monoisotopic (exact) mass is 403 g/mol. The Morgan fingerprint density at radius 3 is 2.47 bits per heavy atom. The number of ether oxygens (including phenoxy) is 1. The Morgan fingerprint density at radius 2 is 1.77 bits per heavy atom. The number of amides is 1. The average molecular weight is 403 g/mol. The summed E-state index contributed by atoms with van der Waals surface area (Å²) < 4.78 is 5.46. The first-order valence-corrected chi connectivity index (χ1v) is 10.1. The summed E-state index contributed by atoms with van der Waals surface area (Å²) in [6, 6.07) is 13.6. The van der Waals surface area contributed by atoms with E-state index < -0.39 is 0 Å². The van der Waals surface area contributed by atoms with E-state index in [2.05, 4.69) is 14.9 Å². The molecule has 0 spiro atoms. The number of aromatic nitrogens is 3. The van der Waals surface area contributed by atoms with Gasteiger partial charge in [0.15, 0.2) is 5.82 Å². The summed E-state index contributed by atoms with van der Waals surface area (Å²) >= 11 is 0. The third-order valence-electron chi connectivity index (χ3n) is 5.33. The maximum atomic E-state index is 12.4. The first-order chi connectivity index (χ1) is 14.6. The molecule has 1 aromatic carbocycles. The summed E-state index contributed by atoms with van der Waals surface area (Å²) in [5, 5.41) is 0.